The number of nitrogens with zero attached hydrogens (tertiary/aromatic N) is 1. The first-order valence-corrected chi connectivity index (χ1v) is 6.73. The van der Waals surface area contributed by atoms with Gasteiger partial charge in [0.25, 0.3) is 0 Å². The minimum atomic E-state index is -0.310. The van der Waals surface area contributed by atoms with E-state index in [2.05, 4.69) is 4.90 Å². The summed E-state index contributed by atoms with van der Waals surface area (Å²) in [5.41, 5.74) is -0.310. The third-order valence-corrected chi connectivity index (χ3v) is 4.13. The highest BCUT2D eigenvalue weighted by Gasteiger charge is 2.29. The number of hydrogen-bond donors (Lipinski definition) is 1. The Morgan fingerprint density at radius 2 is 1.47 bits per heavy atom. The topological polar surface area (TPSA) is 23.5 Å². The van der Waals surface area contributed by atoms with E-state index < -0.39 is 0 Å². The second kappa shape index (κ2) is 5.31. The molecule has 88 valence electrons. The average molecular weight is 211 g/mol. The van der Waals surface area contributed by atoms with E-state index in [1.165, 1.54) is 51.6 Å². The summed E-state index contributed by atoms with van der Waals surface area (Å²) in [6.07, 6.45) is 11.0. The molecule has 1 heterocycles. The zero-order valence-electron chi connectivity index (χ0n) is 9.88. The summed E-state index contributed by atoms with van der Waals surface area (Å²) in [6.45, 7) is 3.64. The molecule has 0 atom stereocenters. The first-order valence-electron chi connectivity index (χ1n) is 6.73. The predicted molar refractivity (Wildman–Crippen MR) is 62.9 cm³/mol. The Kier molecular flexibility index (Phi) is 4.04. The maximum atomic E-state index is 10.4. The van der Waals surface area contributed by atoms with Crippen LogP contribution in [0.25, 0.3) is 0 Å². The molecule has 2 fully saturated rings. The van der Waals surface area contributed by atoms with Gasteiger partial charge in [0.1, 0.15) is 0 Å². The van der Waals surface area contributed by atoms with Crippen LogP contribution in [0.5, 0.6) is 0 Å². The standard InChI is InChI=1S/C13H25NO/c15-13(7-3-1-4-8-13)9-12-14-10-5-2-6-11-14/h15H,1-12H2. The van der Waals surface area contributed by atoms with E-state index in [1.54, 1.807) is 0 Å². The molecule has 0 amide bonds. The Labute approximate surface area is 93.7 Å². The van der Waals surface area contributed by atoms with Gasteiger partial charge in [0.05, 0.1) is 5.60 Å². The third kappa shape index (κ3) is 3.46. The Morgan fingerprint density at radius 3 is 2.13 bits per heavy atom. The van der Waals surface area contributed by atoms with Crippen LogP contribution in [0.4, 0.5) is 0 Å². The van der Waals surface area contributed by atoms with Gasteiger partial charge >= 0.3 is 0 Å². The second-order valence-corrected chi connectivity index (χ2v) is 5.44. The van der Waals surface area contributed by atoms with Crippen molar-refractivity contribution in [3.05, 3.63) is 0 Å². The molecule has 15 heavy (non-hydrogen) atoms. The van der Waals surface area contributed by atoms with Gasteiger partial charge in [-0.25, -0.2) is 0 Å². The average Bonchev–Trinajstić information content (AvgIpc) is 2.29. The van der Waals surface area contributed by atoms with Gasteiger partial charge in [0.2, 0.25) is 0 Å². The molecule has 1 N–H and O–H groups in total. The SMILES string of the molecule is OC1(CCN2CCCCC2)CCCCC1. The Bertz CT molecular complexity index is 181. The highest BCUT2D eigenvalue weighted by Crippen LogP contribution is 2.31. The van der Waals surface area contributed by atoms with Crippen molar-refractivity contribution >= 4 is 0 Å². The number of aliphatic hydroxyl groups is 1. The van der Waals surface area contributed by atoms with Crippen molar-refractivity contribution in [2.45, 2.75) is 63.4 Å². The zero-order valence-corrected chi connectivity index (χ0v) is 9.88. The molecule has 0 unspecified atom stereocenters. The van der Waals surface area contributed by atoms with Crippen molar-refractivity contribution in [1.82, 2.24) is 4.90 Å². The van der Waals surface area contributed by atoms with E-state index in [-0.39, 0.29) is 5.60 Å². The lowest BCUT2D eigenvalue weighted by atomic mass is 9.82. The quantitative estimate of drug-likeness (QED) is 0.775. The second-order valence-electron chi connectivity index (χ2n) is 5.44. The number of rotatable bonds is 3. The fraction of sp³-hybridized carbons (Fsp3) is 1.00. The van der Waals surface area contributed by atoms with Crippen molar-refractivity contribution < 1.29 is 5.11 Å². The van der Waals surface area contributed by atoms with E-state index in [4.69, 9.17) is 0 Å². The first-order chi connectivity index (χ1) is 7.29. The van der Waals surface area contributed by atoms with Crippen LogP contribution in [-0.2, 0) is 0 Å². The molecule has 2 heteroatoms. The van der Waals surface area contributed by atoms with Gasteiger partial charge in [-0.3, -0.25) is 0 Å². The largest absolute Gasteiger partial charge is 0.390 e. The highest BCUT2D eigenvalue weighted by atomic mass is 16.3. The molecule has 0 aromatic rings. The molecule has 2 nitrogen and oxygen atoms in total. The minimum absolute atomic E-state index is 0.310. The van der Waals surface area contributed by atoms with Crippen molar-refractivity contribution in [2.75, 3.05) is 19.6 Å². The molecule has 0 bridgehead atoms. The van der Waals surface area contributed by atoms with E-state index in [9.17, 15) is 5.11 Å². The van der Waals surface area contributed by atoms with Gasteiger partial charge in [0.15, 0.2) is 0 Å². The monoisotopic (exact) mass is 211 g/mol. The van der Waals surface area contributed by atoms with Crippen molar-refractivity contribution in [1.29, 1.82) is 0 Å². The molecule has 2 aliphatic rings. The normalized spacial score (nSPS) is 27.8. The zero-order chi connectivity index (χ0) is 10.6. The maximum absolute atomic E-state index is 10.4. The smallest absolute Gasteiger partial charge is 0.0660 e. The Balaban J connectivity index is 1.70. The predicted octanol–water partition coefficient (Wildman–Crippen LogP) is 2.56. The molecule has 1 saturated heterocycles. The summed E-state index contributed by atoms with van der Waals surface area (Å²) >= 11 is 0. The van der Waals surface area contributed by atoms with Crippen LogP contribution in [0.2, 0.25) is 0 Å². The first kappa shape index (κ1) is 11.4. The lowest BCUT2D eigenvalue weighted by molar-refractivity contribution is -0.0126. The number of likely N-dealkylation sites (tertiary alicyclic amines) is 1. The van der Waals surface area contributed by atoms with Crippen LogP contribution in [-0.4, -0.2) is 35.2 Å². The molecule has 2 rings (SSSR count). The summed E-state index contributed by atoms with van der Waals surface area (Å²) in [5.74, 6) is 0. The van der Waals surface area contributed by atoms with E-state index >= 15 is 0 Å². The molecule has 1 saturated carbocycles. The molecular weight excluding hydrogens is 186 g/mol. The minimum Gasteiger partial charge on any atom is -0.390 e. The van der Waals surface area contributed by atoms with Crippen molar-refractivity contribution in [3.8, 4) is 0 Å². The summed E-state index contributed by atoms with van der Waals surface area (Å²) in [7, 11) is 0. The lowest BCUT2D eigenvalue weighted by Crippen LogP contribution is -2.38. The van der Waals surface area contributed by atoms with E-state index in [0.29, 0.717) is 0 Å². The molecule has 0 spiro atoms. The van der Waals surface area contributed by atoms with E-state index in [1.807, 2.05) is 0 Å². The lowest BCUT2D eigenvalue weighted by Gasteiger charge is -2.35. The van der Waals surface area contributed by atoms with Crippen LogP contribution in [0.3, 0.4) is 0 Å². The number of piperidine rings is 1. The maximum Gasteiger partial charge on any atom is 0.0660 e. The Morgan fingerprint density at radius 1 is 0.867 bits per heavy atom. The van der Waals surface area contributed by atoms with Crippen molar-refractivity contribution in [3.63, 3.8) is 0 Å². The fourth-order valence-electron chi connectivity index (χ4n) is 3.01. The molecule has 0 aromatic heterocycles. The molecule has 1 aliphatic carbocycles. The van der Waals surface area contributed by atoms with Crippen LogP contribution >= 0.6 is 0 Å². The van der Waals surface area contributed by atoms with E-state index in [0.717, 1.165) is 25.8 Å². The van der Waals surface area contributed by atoms with Gasteiger partial charge in [-0.1, -0.05) is 25.7 Å². The molecule has 0 aromatic carbocycles. The number of hydrogen-bond acceptors (Lipinski definition) is 2. The third-order valence-electron chi connectivity index (χ3n) is 4.13. The summed E-state index contributed by atoms with van der Waals surface area (Å²) in [6, 6.07) is 0. The fourth-order valence-corrected chi connectivity index (χ4v) is 3.01. The summed E-state index contributed by atoms with van der Waals surface area (Å²) in [5, 5.41) is 10.4. The van der Waals surface area contributed by atoms with Crippen LogP contribution in [0, 0.1) is 0 Å². The van der Waals surface area contributed by atoms with Crippen molar-refractivity contribution in [2.24, 2.45) is 0 Å². The molecule has 1 aliphatic heterocycles. The van der Waals surface area contributed by atoms with Crippen LogP contribution in [0.1, 0.15) is 57.8 Å². The van der Waals surface area contributed by atoms with Gasteiger partial charge in [-0.2, -0.15) is 0 Å². The molecular formula is C13H25NO. The molecule has 0 radical (unpaired) electrons. The Hall–Kier alpha value is -0.0800. The van der Waals surface area contributed by atoms with Crippen LogP contribution in [0.15, 0.2) is 0 Å². The van der Waals surface area contributed by atoms with Crippen LogP contribution < -0.4 is 0 Å². The highest BCUT2D eigenvalue weighted by molar-refractivity contribution is 4.83. The van der Waals surface area contributed by atoms with Gasteiger partial charge in [-0.05, 0) is 45.2 Å². The van der Waals surface area contributed by atoms with Gasteiger partial charge in [0, 0.05) is 6.54 Å². The summed E-state index contributed by atoms with van der Waals surface area (Å²) < 4.78 is 0. The summed E-state index contributed by atoms with van der Waals surface area (Å²) in [4.78, 5) is 2.54. The van der Waals surface area contributed by atoms with Gasteiger partial charge < -0.3 is 10.0 Å². The van der Waals surface area contributed by atoms with Gasteiger partial charge in [-0.15, -0.1) is 0 Å².